The van der Waals surface area contributed by atoms with Gasteiger partial charge in [0.15, 0.2) is 0 Å². The molecule has 2 aliphatic rings. The molecule has 2 saturated heterocycles. The minimum atomic E-state index is -0.580. The van der Waals surface area contributed by atoms with Gasteiger partial charge in [0, 0.05) is 33.1 Å². The third kappa shape index (κ3) is 6.18. The number of carbonyl (C=O) groups is 3. The van der Waals surface area contributed by atoms with Crippen LogP contribution in [0.4, 0.5) is 25.4 Å². The van der Waals surface area contributed by atoms with Gasteiger partial charge in [0.25, 0.3) is 0 Å². The summed E-state index contributed by atoms with van der Waals surface area (Å²) in [7, 11) is 0. The van der Waals surface area contributed by atoms with Crippen LogP contribution in [-0.4, -0.2) is 68.4 Å². The molecule has 4 amide bonds. The molecule has 0 aliphatic carbocycles. The Kier molecular flexibility index (Phi) is 7.66. The van der Waals surface area contributed by atoms with Crippen molar-refractivity contribution in [3.63, 3.8) is 0 Å². The zero-order valence-electron chi connectivity index (χ0n) is 19.5. The fraction of sp³-hybridized carbons (Fsp3) is 0.375. The van der Waals surface area contributed by atoms with Crippen LogP contribution in [-0.2, 0) is 16.1 Å². The van der Waals surface area contributed by atoms with Crippen molar-refractivity contribution in [2.45, 2.75) is 19.6 Å². The summed E-state index contributed by atoms with van der Waals surface area (Å²) in [6, 6.07) is 14.0. The molecule has 10 nitrogen and oxygen atoms in total. The molecule has 3 N–H and O–H groups in total. The van der Waals surface area contributed by atoms with E-state index in [4.69, 9.17) is 4.74 Å². The number of benzene rings is 2. The summed E-state index contributed by atoms with van der Waals surface area (Å²) in [5.74, 6) is -0.684. The number of hydrogen-bond acceptors (Lipinski definition) is 6. The van der Waals surface area contributed by atoms with E-state index in [1.807, 2.05) is 35.2 Å². The Morgan fingerprint density at radius 2 is 1.91 bits per heavy atom. The highest BCUT2D eigenvalue weighted by molar-refractivity contribution is 5.90. The molecule has 0 unspecified atom stereocenters. The van der Waals surface area contributed by atoms with Crippen molar-refractivity contribution < 1.29 is 23.5 Å². The fourth-order valence-corrected chi connectivity index (χ4v) is 4.03. The summed E-state index contributed by atoms with van der Waals surface area (Å²) in [5.41, 5.74) is 4.86. The number of nitrogens with zero attached hydrogens (tertiary/aromatic N) is 3. The standard InChI is InChI=1S/C24H29FN6O4/c1-17(32)26-15-20-16-30(24(34)35-20)19-7-8-22(21(25)13-19)29-10-9-28-31(12-11-29)23(33)27-14-18-5-3-2-4-6-18/h2-8,13,20,28H,9-12,14-16H2,1H3,(H,26,32)(H,27,33)/t20-/m0/s1. The molecule has 2 aromatic carbocycles. The smallest absolute Gasteiger partial charge is 0.414 e. The summed E-state index contributed by atoms with van der Waals surface area (Å²) in [5, 5.41) is 7.00. The van der Waals surface area contributed by atoms with Gasteiger partial charge in [-0.15, -0.1) is 0 Å². The molecule has 35 heavy (non-hydrogen) atoms. The number of amides is 4. The van der Waals surface area contributed by atoms with Crippen LogP contribution in [0.1, 0.15) is 12.5 Å². The molecule has 11 heteroatoms. The molecule has 4 rings (SSSR count). The second kappa shape index (κ2) is 11.0. The Labute approximate surface area is 203 Å². The van der Waals surface area contributed by atoms with Crippen molar-refractivity contribution in [3.05, 3.63) is 59.9 Å². The second-order valence-electron chi connectivity index (χ2n) is 8.38. The van der Waals surface area contributed by atoms with Crippen LogP contribution in [0.25, 0.3) is 0 Å². The molecule has 186 valence electrons. The van der Waals surface area contributed by atoms with Gasteiger partial charge in [0.1, 0.15) is 11.9 Å². The molecule has 2 aliphatic heterocycles. The number of hydrogen-bond donors (Lipinski definition) is 3. The Balaban J connectivity index is 1.33. The molecule has 0 bridgehead atoms. The first-order chi connectivity index (χ1) is 16.9. The van der Waals surface area contributed by atoms with Crippen molar-refractivity contribution in [2.24, 2.45) is 0 Å². The van der Waals surface area contributed by atoms with E-state index in [1.165, 1.54) is 22.9 Å². The second-order valence-corrected chi connectivity index (χ2v) is 8.38. The molecule has 0 radical (unpaired) electrons. The average Bonchev–Trinajstić information content (AvgIpc) is 3.06. The normalized spacial score (nSPS) is 18.2. The Morgan fingerprint density at radius 3 is 2.66 bits per heavy atom. The molecular weight excluding hydrogens is 455 g/mol. The highest BCUT2D eigenvalue weighted by Crippen LogP contribution is 2.28. The van der Waals surface area contributed by atoms with E-state index in [2.05, 4.69) is 16.1 Å². The zero-order valence-corrected chi connectivity index (χ0v) is 19.5. The first kappa shape index (κ1) is 24.3. The van der Waals surface area contributed by atoms with E-state index in [-0.39, 0.29) is 25.0 Å². The Hall–Kier alpha value is -3.86. The molecule has 0 spiro atoms. The van der Waals surface area contributed by atoms with Crippen LogP contribution >= 0.6 is 0 Å². The number of carbonyl (C=O) groups excluding carboxylic acids is 3. The maximum absolute atomic E-state index is 15.1. The van der Waals surface area contributed by atoms with Gasteiger partial charge in [0.2, 0.25) is 5.91 Å². The topological polar surface area (TPSA) is 106 Å². The Bertz CT molecular complexity index is 1070. The zero-order chi connectivity index (χ0) is 24.8. The number of urea groups is 1. The third-order valence-electron chi connectivity index (χ3n) is 5.85. The number of cyclic esters (lactones) is 1. The number of nitrogens with one attached hydrogen (secondary N) is 3. The number of ether oxygens (including phenoxy) is 1. The van der Waals surface area contributed by atoms with E-state index in [9.17, 15) is 14.4 Å². The van der Waals surface area contributed by atoms with Crippen LogP contribution in [0.2, 0.25) is 0 Å². The molecule has 2 heterocycles. The van der Waals surface area contributed by atoms with Gasteiger partial charge in [0.05, 0.1) is 31.0 Å². The van der Waals surface area contributed by atoms with Crippen LogP contribution in [0.15, 0.2) is 48.5 Å². The monoisotopic (exact) mass is 484 g/mol. The van der Waals surface area contributed by atoms with Gasteiger partial charge >= 0.3 is 12.1 Å². The highest BCUT2D eigenvalue weighted by Gasteiger charge is 2.33. The maximum atomic E-state index is 15.1. The molecule has 1 atom stereocenters. The summed E-state index contributed by atoms with van der Waals surface area (Å²) in [6.45, 7) is 4.00. The largest absolute Gasteiger partial charge is 0.442 e. The summed E-state index contributed by atoms with van der Waals surface area (Å²) in [4.78, 5) is 39.1. The first-order valence-corrected chi connectivity index (χ1v) is 11.5. The van der Waals surface area contributed by atoms with Crippen molar-refractivity contribution in [1.29, 1.82) is 0 Å². The number of anilines is 2. The molecule has 0 aromatic heterocycles. The van der Waals surface area contributed by atoms with Crippen molar-refractivity contribution >= 4 is 29.4 Å². The van der Waals surface area contributed by atoms with Crippen LogP contribution in [0.3, 0.4) is 0 Å². The van der Waals surface area contributed by atoms with E-state index >= 15 is 4.39 Å². The van der Waals surface area contributed by atoms with Gasteiger partial charge in [-0.05, 0) is 23.8 Å². The average molecular weight is 485 g/mol. The number of halogens is 1. The first-order valence-electron chi connectivity index (χ1n) is 11.5. The van der Waals surface area contributed by atoms with E-state index < -0.39 is 18.0 Å². The lowest BCUT2D eigenvalue weighted by Crippen LogP contribution is -2.48. The number of rotatable bonds is 6. The van der Waals surface area contributed by atoms with Crippen LogP contribution in [0.5, 0.6) is 0 Å². The summed E-state index contributed by atoms with van der Waals surface area (Å²) < 4.78 is 20.3. The highest BCUT2D eigenvalue weighted by atomic mass is 19.1. The lowest BCUT2D eigenvalue weighted by Gasteiger charge is -2.24. The third-order valence-corrected chi connectivity index (χ3v) is 5.85. The van der Waals surface area contributed by atoms with E-state index in [0.717, 1.165) is 5.56 Å². The predicted molar refractivity (Wildman–Crippen MR) is 128 cm³/mol. The van der Waals surface area contributed by atoms with Gasteiger partial charge < -0.3 is 20.3 Å². The number of hydrazine groups is 1. The predicted octanol–water partition coefficient (Wildman–Crippen LogP) is 1.82. The van der Waals surface area contributed by atoms with Crippen LogP contribution < -0.4 is 25.9 Å². The lowest BCUT2D eigenvalue weighted by molar-refractivity contribution is -0.119. The maximum Gasteiger partial charge on any atom is 0.414 e. The Morgan fingerprint density at radius 1 is 1.11 bits per heavy atom. The minimum Gasteiger partial charge on any atom is -0.442 e. The molecular formula is C24H29FN6O4. The minimum absolute atomic E-state index is 0.203. The van der Waals surface area contributed by atoms with Gasteiger partial charge in [-0.3, -0.25) is 14.7 Å². The molecule has 2 fully saturated rings. The SMILES string of the molecule is CC(=O)NC[C@H]1CN(c2ccc(N3CCNN(C(=O)NCc4ccccc4)CC3)c(F)c2)C(=O)O1. The quantitative estimate of drug-likeness (QED) is 0.578. The molecule has 0 saturated carbocycles. The van der Waals surface area contributed by atoms with Gasteiger partial charge in [-0.1, -0.05) is 30.3 Å². The van der Waals surface area contributed by atoms with Crippen molar-refractivity contribution in [3.8, 4) is 0 Å². The van der Waals surface area contributed by atoms with Gasteiger partial charge in [-0.2, -0.15) is 0 Å². The van der Waals surface area contributed by atoms with Crippen LogP contribution in [0, 0.1) is 5.82 Å². The summed E-state index contributed by atoms with van der Waals surface area (Å²) >= 11 is 0. The molecule has 2 aromatic rings. The van der Waals surface area contributed by atoms with Crippen molar-refractivity contribution in [2.75, 3.05) is 49.1 Å². The van der Waals surface area contributed by atoms with Gasteiger partial charge in [-0.25, -0.2) is 19.4 Å². The van der Waals surface area contributed by atoms with Crippen molar-refractivity contribution in [1.82, 2.24) is 21.1 Å². The van der Waals surface area contributed by atoms with E-state index in [1.54, 1.807) is 12.1 Å². The van der Waals surface area contributed by atoms with E-state index in [0.29, 0.717) is 44.1 Å². The lowest BCUT2D eigenvalue weighted by atomic mass is 10.2. The fourth-order valence-electron chi connectivity index (χ4n) is 4.03. The summed E-state index contributed by atoms with van der Waals surface area (Å²) in [6.07, 6.45) is -1.08.